The molecule has 0 saturated heterocycles. The van der Waals surface area contributed by atoms with E-state index in [0.717, 1.165) is 17.3 Å². The second kappa shape index (κ2) is 7.69. The molecule has 4 nitrogen and oxygen atoms in total. The molecule has 3 aromatic rings. The van der Waals surface area contributed by atoms with E-state index in [9.17, 15) is 27.2 Å². The number of carbonyl (C=O) groups is 1. The summed E-state index contributed by atoms with van der Waals surface area (Å²) in [4.78, 5) is 24.9. The molecular formula is C21H17F4NO3. The summed E-state index contributed by atoms with van der Waals surface area (Å²) in [6.07, 6.45) is -3.77. The van der Waals surface area contributed by atoms with Crippen molar-refractivity contribution in [3.63, 3.8) is 0 Å². The summed E-state index contributed by atoms with van der Waals surface area (Å²) in [5, 5.41) is -0.324. The molecule has 0 unspecified atom stereocenters. The van der Waals surface area contributed by atoms with Gasteiger partial charge < -0.3 is 9.30 Å². The minimum atomic E-state index is -4.93. The van der Waals surface area contributed by atoms with Crippen molar-refractivity contribution in [2.75, 3.05) is 6.61 Å². The highest BCUT2D eigenvalue weighted by Gasteiger charge is 2.35. The smallest absolute Gasteiger partial charge is 0.419 e. The van der Waals surface area contributed by atoms with Crippen LogP contribution >= 0.6 is 0 Å². The van der Waals surface area contributed by atoms with E-state index < -0.39 is 29.0 Å². The lowest BCUT2D eigenvalue weighted by molar-refractivity contribution is -0.139. The van der Waals surface area contributed by atoms with Crippen LogP contribution in [0.5, 0.6) is 0 Å². The zero-order chi connectivity index (χ0) is 21.3. The molecule has 8 heteroatoms. The number of carbonyl (C=O) groups excluding carboxylic acids is 1. The maximum absolute atomic E-state index is 14.1. The number of halogens is 4. The molecule has 0 aliphatic heterocycles. The van der Waals surface area contributed by atoms with Gasteiger partial charge in [-0.2, -0.15) is 13.2 Å². The number of alkyl halides is 3. The van der Waals surface area contributed by atoms with Gasteiger partial charge in [-0.05, 0) is 37.1 Å². The molecule has 0 fully saturated rings. The van der Waals surface area contributed by atoms with Gasteiger partial charge in [-0.3, -0.25) is 4.79 Å². The van der Waals surface area contributed by atoms with Crippen molar-refractivity contribution in [3.05, 3.63) is 80.9 Å². The molecular weight excluding hydrogens is 390 g/mol. The minimum Gasteiger partial charge on any atom is -0.462 e. The molecule has 0 radical (unpaired) electrons. The van der Waals surface area contributed by atoms with Crippen molar-refractivity contribution >= 4 is 16.9 Å². The number of esters is 1. The van der Waals surface area contributed by atoms with Crippen LogP contribution in [0.3, 0.4) is 0 Å². The Morgan fingerprint density at radius 3 is 2.48 bits per heavy atom. The summed E-state index contributed by atoms with van der Waals surface area (Å²) in [7, 11) is 0. The largest absolute Gasteiger partial charge is 0.462 e. The first kappa shape index (κ1) is 20.6. The number of ether oxygens (including phenoxy) is 1. The second-order valence-electron chi connectivity index (χ2n) is 6.49. The molecule has 0 amide bonds. The first-order valence-electron chi connectivity index (χ1n) is 8.79. The Morgan fingerprint density at radius 2 is 1.86 bits per heavy atom. The number of hydrogen-bond acceptors (Lipinski definition) is 3. The molecule has 0 N–H and O–H groups in total. The molecule has 29 heavy (non-hydrogen) atoms. The number of aromatic nitrogens is 1. The zero-order valence-electron chi connectivity index (χ0n) is 15.6. The molecule has 0 bridgehead atoms. The summed E-state index contributed by atoms with van der Waals surface area (Å²) >= 11 is 0. The molecule has 1 aromatic heterocycles. The fourth-order valence-corrected chi connectivity index (χ4v) is 3.08. The Balaban J connectivity index is 2.33. The van der Waals surface area contributed by atoms with Gasteiger partial charge in [0.25, 0.3) is 0 Å². The van der Waals surface area contributed by atoms with E-state index >= 15 is 0 Å². The molecule has 152 valence electrons. The molecule has 1 heterocycles. The quantitative estimate of drug-likeness (QED) is 0.466. The highest BCUT2D eigenvalue weighted by molar-refractivity contribution is 5.94. The van der Waals surface area contributed by atoms with E-state index in [1.54, 1.807) is 19.1 Å². The average molecular weight is 407 g/mol. The van der Waals surface area contributed by atoms with E-state index in [-0.39, 0.29) is 29.6 Å². The predicted octanol–water partition coefficient (Wildman–Crippen LogP) is 4.69. The van der Waals surface area contributed by atoms with Gasteiger partial charge >= 0.3 is 12.1 Å². The Morgan fingerprint density at radius 1 is 1.17 bits per heavy atom. The van der Waals surface area contributed by atoms with Crippen LogP contribution in [0.15, 0.2) is 47.4 Å². The number of nitrogens with zero attached hydrogens (tertiary/aromatic N) is 1. The SMILES string of the molecule is CCOC(=O)c1cn(Cc2ccccc2C)c2cc(C(F)(F)F)c(F)cc2c1=O. The van der Waals surface area contributed by atoms with Gasteiger partial charge in [-0.1, -0.05) is 24.3 Å². The maximum atomic E-state index is 14.1. The number of benzene rings is 2. The maximum Gasteiger partial charge on any atom is 0.419 e. The van der Waals surface area contributed by atoms with Gasteiger partial charge in [0.05, 0.1) is 17.7 Å². The summed E-state index contributed by atoms with van der Waals surface area (Å²) < 4.78 is 59.9. The lowest BCUT2D eigenvalue weighted by Crippen LogP contribution is -2.22. The van der Waals surface area contributed by atoms with Crippen molar-refractivity contribution in [1.29, 1.82) is 0 Å². The first-order chi connectivity index (χ1) is 13.6. The Labute approximate surface area is 163 Å². The van der Waals surface area contributed by atoms with E-state index in [4.69, 9.17) is 4.74 Å². The fourth-order valence-electron chi connectivity index (χ4n) is 3.08. The highest BCUT2D eigenvalue weighted by atomic mass is 19.4. The normalized spacial score (nSPS) is 11.7. The van der Waals surface area contributed by atoms with E-state index in [1.165, 1.54) is 4.57 Å². The fraction of sp³-hybridized carbons (Fsp3) is 0.238. The van der Waals surface area contributed by atoms with Gasteiger partial charge in [0.15, 0.2) is 0 Å². The van der Waals surface area contributed by atoms with Crippen LogP contribution < -0.4 is 5.43 Å². The second-order valence-corrected chi connectivity index (χ2v) is 6.49. The summed E-state index contributed by atoms with van der Waals surface area (Å²) in [6.45, 7) is 3.47. The molecule has 3 rings (SSSR count). The van der Waals surface area contributed by atoms with Gasteiger partial charge in [0.2, 0.25) is 5.43 Å². The molecule has 0 spiro atoms. The van der Waals surface area contributed by atoms with Crippen molar-refractivity contribution in [2.45, 2.75) is 26.6 Å². The van der Waals surface area contributed by atoms with Crippen LogP contribution in [-0.4, -0.2) is 17.1 Å². The van der Waals surface area contributed by atoms with Gasteiger partial charge in [0.1, 0.15) is 11.4 Å². The molecule has 0 aliphatic carbocycles. The third-order valence-electron chi connectivity index (χ3n) is 4.57. The van der Waals surface area contributed by atoms with Gasteiger partial charge in [0, 0.05) is 18.1 Å². The average Bonchev–Trinajstić information content (AvgIpc) is 2.64. The van der Waals surface area contributed by atoms with Gasteiger partial charge in [-0.25, -0.2) is 9.18 Å². The van der Waals surface area contributed by atoms with Crippen LogP contribution in [0, 0.1) is 12.7 Å². The van der Waals surface area contributed by atoms with E-state index in [0.29, 0.717) is 12.1 Å². The Bertz CT molecular complexity index is 1150. The number of rotatable bonds is 4. The number of aryl methyl sites for hydroxylation is 1. The molecule has 0 atom stereocenters. The van der Waals surface area contributed by atoms with Crippen LogP contribution in [0.1, 0.15) is 34.0 Å². The van der Waals surface area contributed by atoms with Crippen LogP contribution in [-0.2, 0) is 17.5 Å². The number of hydrogen-bond donors (Lipinski definition) is 0. The topological polar surface area (TPSA) is 48.3 Å². The lowest BCUT2D eigenvalue weighted by atomic mass is 10.1. The standard InChI is InChI=1S/C21H17F4NO3/c1-3-29-20(28)15-11-26(10-13-7-5-4-6-12(13)2)18-9-16(21(23,24)25)17(22)8-14(18)19(15)27/h4-9,11H,3,10H2,1-2H3. The van der Waals surface area contributed by atoms with Crippen LogP contribution in [0.25, 0.3) is 10.9 Å². The third-order valence-corrected chi connectivity index (χ3v) is 4.57. The van der Waals surface area contributed by atoms with E-state index in [2.05, 4.69) is 0 Å². The lowest BCUT2D eigenvalue weighted by Gasteiger charge is -2.17. The predicted molar refractivity (Wildman–Crippen MR) is 99.4 cm³/mol. The van der Waals surface area contributed by atoms with Gasteiger partial charge in [-0.15, -0.1) is 0 Å². The molecule has 2 aromatic carbocycles. The third kappa shape index (κ3) is 4.01. The van der Waals surface area contributed by atoms with Crippen molar-refractivity contribution < 1.29 is 27.1 Å². The highest BCUT2D eigenvalue weighted by Crippen LogP contribution is 2.33. The molecule has 0 aliphatic rings. The summed E-state index contributed by atoms with van der Waals surface area (Å²) in [6, 6.07) is 8.30. The van der Waals surface area contributed by atoms with Crippen molar-refractivity contribution in [1.82, 2.24) is 4.57 Å². The Kier molecular flexibility index (Phi) is 5.46. The minimum absolute atomic E-state index is 0.00940. The first-order valence-corrected chi connectivity index (χ1v) is 8.79. The monoisotopic (exact) mass is 407 g/mol. The van der Waals surface area contributed by atoms with Crippen LogP contribution in [0.4, 0.5) is 17.6 Å². The van der Waals surface area contributed by atoms with Crippen molar-refractivity contribution in [3.8, 4) is 0 Å². The zero-order valence-corrected chi connectivity index (χ0v) is 15.6. The molecule has 0 saturated carbocycles. The summed E-state index contributed by atoms with van der Waals surface area (Å²) in [5.74, 6) is -2.50. The Hall–Kier alpha value is -3.16. The van der Waals surface area contributed by atoms with Crippen LogP contribution in [0.2, 0.25) is 0 Å². The van der Waals surface area contributed by atoms with Crippen molar-refractivity contribution in [2.24, 2.45) is 0 Å². The number of fused-ring (bicyclic) bond motifs is 1. The number of pyridine rings is 1. The summed E-state index contributed by atoms with van der Waals surface area (Å²) in [5.41, 5.74) is -1.22. The van der Waals surface area contributed by atoms with E-state index in [1.807, 2.05) is 19.1 Å².